The van der Waals surface area contributed by atoms with Crippen LogP contribution in [0.15, 0.2) is 18.2 Å². The van der Waals surface area contributed by atoms with Crippen LogP contribution in [-0.2, 0) is 6.42 Å². The van der Waals surface area contributed by atoms with Gasteiger partial charge < -0.3 is 5.32 Å². The lowest BCUT2D eigenvalue weighted by Gasteiger charge is -2.24. The maximum absolute atomic E-state index is 9.26. The molecule has 0 aliphatic carbocycles. The lowest BCUT2D eigenvalue weighted by atomic mass is 9.85. The fourth-order valence-electron chi connectivity index (χ4n) is 2.78. The van der Waals surface area contributed by atoms with Crippen LogP contribution in [0.5, 0.6) is 0 Å². The van der Waals surface area contributed by atoms with Gasteiger partial charge in [0.2, 0.25) is 0 Å². The molecule has 0 aromatic heterocycles. The molecule has 1 heterocycles. The summed E-state index contributed by atoms with van der Waals surface area (Å²) in [6.07, 6.45) is 3.41. The van der Waals surface area contributed by atoms with Gasteiger partial charge in [-0.15, -0.1) is 0 Å². The Bertz CT molecular complexity index is 438. The molecule has 1 N–H and O–H groups in total. The number of nitriles is 1. The minimum atomic E-state index is 0.563. The van der Waals surface area contributed by atoms with Crippen LogP contribution in [0.1, 0.15) is 77.0 Å². The monoisotopic (exact) mass is 302 g/mol. The molecule has 22 heavy (non-hydrogen) atoms. The van der Waals surface area contributed by atoms with Crippen LogP contribution < -0.4 is 5.32 Å². The van der Waals surface area contributed by atoms with Crippen molar-refractivity contribution in [2.75, 3.05) is 13.1 Å². The van der Waals surface area contributed by atoms with E-state index >= 15 is 0 Å². The van der Waals surface area contributed by atoms with Crippen molar-refractivity contribution in [1.82, 2.24) is 5.32 Å². The second-order valence-electron chi connectivity index (χ2n) is 5.66. The molecule has 0 radical (unpaired) electrons. The molecule has 0 saturated carbocycles. The van der Waals surface area contributed by atoms with Gasteiger partial charge >= 0.3 is 0 Å². The second kappa shape index (κ2) is 12.2. The largest absolute Gasteiger partial charge is 0.317 e. The predicted octanol–water partition coefficient (Wildman–Crippen LogP) is 5.28. The normalized spacial score (nSPS) is 14.3. The van der Waals surface area contributed by atoms with E-state index in [0.29, 0.717) is 11.8 Å². The molecule has 1 aliphatic rings. The van der Waals surface area contributed by atoms with Gasteiger partial charge in [0, 0.05) is 0 Å². The smallest absolute Gasteiger partial charge is 0.0994 e. The first-order valence-electron chi connectivity index (χ1n) is 8.94. The minimum absolute atomic E-state index is 0.563. The molecule has 0 spiro atoms. The van der Waals surface area contributed by atoms with Gasteiger partial charge in [0.15, 0.2) is 0 Å². The summed E-state index contributed by atoms with van der Waals surface area (Å²) in [7, 11) is 0. The summed E-state index contributed by atoms with van der Waals surface area (Å²) >= 11 is 0. The molecule has 124 valence electrons. The topological polar surface area (TPSA) is 35.8 Å². The maximum atomic E-state index is 9.26. The SMILES string of the molecule is CC.CC.CC(C)Cc1ccc(C#N)c(C2CCNCC2)c1. The van der Waals surface area contributed by atoms with Gasteiger partial charge in [-0.2, -0.15) is 5.26 Å². The second-order valence-corrected chi connectivity index (χ2v) is 5.66. The number of hydrogen-bond donors (Lipinski definition) is 1. The molecule has 2 nitrogen and oxygen atoms in total. The molecular formula is C20H34N2. The third kappa shape index (κ3) is 6.62. The minimum Gasteiger partial charge on any atom is -0.317 e. The molecule has 1 fully saturated rings. The van der Waals surface area contributed by atoms with Crippen molar-refractivity contribution in [3.63, 3.8) is 0 Å². The Kier molecular flexibility index (Phi) is 11.5. The van der Waals surface area contributed by atoms with Crippen LogP contribution in [0.4, 0.5) is 0 Å². The van der Waals surface area contributed by atoms with E-state index in [1.807, 2.05) is 33.8 Å². The summed E-state index contributed by atoms with van der Waals surface area (Å²) in [5.41, 5.74) is 3.52. The van der Waals surface area contributed by atoms with E-state index in [2.05, 4.69) is 37.4 Å². The van der Waals surface area contributed by atoms with Gasteiger partial charge in [0.25, 0.3) is 0 Å². The standard InChI is InChI=1S/C16H22N2.2C2H6/c1-12(2)9-13-3-4-15(11-17)16(10-13)14-5-7-18-8-6-14;2*1-2/h3-4,10,12,14,18H,5-9H2,1-2H3;2*1-2H3. The average molecular weight is 303 g/mol. The van der Waals surface area contributed by atoms with Crippen LogP contribution >= 0.6 is 0 Å². The van der Waals surface area contributed by atoms with Crippen molar-refractivity contribution in [2.45, 2.75) is 66.7 Å². The van der Waals surface area contributed by atoms with Gasteiger partial charge in [-0.1, -0.05) is 53.7 Å². The number of benzene rings is 1. The van der Waals surface area contributed by atoms with Gasteiger partial charge in [-0.25, -0.2) is 0 Å². The number of rotatable bonds is 3. The molecule has 1 aliphatic heterocycles. The Hall–Kier alpha value is -1.33. The molecule has 0 amide bonds. The van der Waals surface area contributed by atoms with E-state index in [0.717, 1.165) is 37.9 Å². The highest BCUT2D eigenvalue weighted by molar-refractivity contribution is 5.42. The molecule has 1 saturated heterocycles. The van der Waals surface area contributed by atoms with Crippen molar-refractivity contribution in [3.8, 4) is 6.07 Å². The van der Waals surface area contributed by atoms with Crippen molar-refractivity contribution in [2.24, 2.45) is 5.92 Å². The fourth-order valence-corrected chi connectivity index (χ4v) is 2.78. The van der Waals surface area contributed by atoms with Crippen LogP contribution in [0.25, 0.3) is 0 Å². The average Bonchev–Trinajstić information content (AvgIpc) is 2.59. The molecule has 1 aromatic carbocycles. The highest BCUT2D eigenvalue weighted by Crippen LogP contribution is 2.29. The number of nitrogens with zero attached hydrogens (tertiary/aromatic N) is 1. The van der Waals surface area contributed by atoms with Crippen molar-refractivity contribution in [3.05, 3.63) is 34.9 Å². The summed E-state index contributed by atoms with van der Waals surface area (Å²) < 4.78 is 0. The summed E-state index contributed by atoms with van der Waals surface area (Å²) in [6.45, 7) is 14.6. The molecular weight excluding hydrogens is 268 g/mol. The van der Waals surface area contributed by atoms with E-state index in [9.17, 15) is 5.26 Å². The van der Waals surface area contributed by atoms with Crippen LogP contribution in [0.2, 0.25) is 0 Å². The van der Waals surface area contributed by atoms with Crippen LogP contribution in [0.3, 0.4) is 0 Å². The molecule has 2 heteroatoms. The fraction of sp³-hybridized carbons (Fsp3) is 0.650. The summed E-state index contributed by atoms with van der Waals surface area (Å²) in [4.78, 5) is 0. The Labute approximate surface area is 137 Å². The first-order valence-corrected chi connectivity index (χ1v) is 8.94. The van der Waals surface area contributed by atoms with Crippen LogP contribution in [0, 0.1) is 17.2 Å². The Morgan fingerprint density at radius 1 is 1.14 bits per heavy atom. The first kappa shape index (κ1) is 20.7. The maximum Gasteiger partial charge on any atom is 0.0994 e. The van der Waals surface area contributed by atoms with E-state index in [4.69, 9.17) is 0 Å². The molecule has 0 bridgehead atoms. The summed E-state index contributed by atoms with van der Waals surface area (Å²) in [5.74, 6) is 1.23. The highest BCUT2D eigenvalue weighted by atomic mass is 14.9. The summed E-state index contributed by atoms with van der Waals surface area (Å²) in [6, 6.07) is 8.75. The number of piperidine rings is 1. The zero-order chi connectivity index (χ0) is 17.0. The molecule has 0 atom stereocenters. The highest BCUT2D eigenvalue weighted by Gasteiger charge is 2.18. The number of nitrogens with one attached hydrogen (secondary N) is 1. The van der Waals surface area contributed by atoms with E-state index in [1.165, 1.54) is 11.1 Å². The predicted molar refractivity (Wildman–Crippen MR) is 97.2 cm³/mol. The number of hydrogen-bond acceptors (Lipinski definition) is 2. The molecule has 1 aromatic rings. The lowest BCUT2D eigenvalue weighted by Crippen LogP contribution is -2.27. The third-order valence-corrected chi connectivity index (χ3v) is 3.66. The van der Waals surface area contributed by atoms with Crippen molar-refractivity contribution in [1.29, 1.82) is 5.26 Å². The molecule has 0 unspecified atom stereocenters. The quantitative estimate of drug-likeness (QED) is 0.825. The zero-order valence-corrected chi connectivity index (χ0v) is 15.4. The molecule has 2 rings (SSSR count). The van der Waals surface area contributed by atoms with Gasteiger partial charge in [-0.3, -0.25) is 0 Å². The van der Waals surface area contributed by atoms with Gasteiger partial charge in [-0.05, 0) is 61.4 Å². The summed E-state index contributed by atoms with van der Waals surface area (Å²) in [5, 5.41) is 12.6. The van der Waals surface area contributed by atoms with Crippen LogP contribution in [-0.4, -0.2) is 13.1 Å². The lowest BCUT2D eigenvalue weighted by molar-refractivity contribution is 0.459. The van der Waals surface area contributed by atoms with E-state index in [-0.39, 0.29) is 0 Å². The third-order valence-electron chi connectivity index (χ3n) is 3.66. The Morgan fingerprint density at radius 2 is 1.73 bits per heavy atom. The van der Waals surface area contributed by atoms with E-state index in [1.54, 1.807) is 0 Å². The Balaban J connectivity index is 0.00000102. The Morgan fingerprint density at radius 3 is 2.23 bits per heavy atom. The van der Waals surface area contributed by atoms with Crippen molar-refractivity contribution < 1.29 is 0 Å². The van der Waals surface area contributed by atoms with Gasteiger partial charge in [0.05, 0.1) is 11.6 Å². The van der Waals surface area contributed by atoms with E-state index < -0.39 is 0 Å². The van der Waals surface area contributed by atoms with Gasteiger partial charge in [0.1, 0.15) is 0 Å². The zero-order valence-electron chi connectivity index (χ0n) is 15.4. The van der Waals surface area contributed by atoms with Crippen molar-refractivity contribution >= 4 is 0 Å². The first-order chi connectivity index (χ1) is 10.7.